The number of unbranched alkanes of at least 4 members (excludes halogenated alkanes) is 2. The highest BCUT2D eigenvalue weighted by atomic mass is 35.5. The van der Waals surface area contributed by atoms with Crippen molar-refractivity contribution in [3.8, 4) is 22.6 Å². The van der Waals surface area contributed by atoms with Crippen LogP contribution in [-0.4, -0.2) is 25.9 Å². The van der Waals surface area contributed by atoms with Gasteiger partial charge in [0.05, 0.1) is 16.3 Å². The molecule has 204 valence electrons. The molecule has 39 heavy (non-hydrogen) atoms. The lowest BCUT2D eigenvalue weighted by Crippen LogP contribution is -2.26. The molecule has 4 rings (SSSR count). The molecule has 0 amide bonds. The van der Waals surface area contributed by atoms with E-state index in [1.165, 1.54) is 18.2 Å². The predicted octanol–water partition coefficient (Wildman–Crippen LogP) is 8.52. The fourth-order valence-electron chi connectivity index (χ4n) is 4.69. The summed E-state index contributed by atoms with van der Waals surface area (Å²) in [5.41, 5.74) is 4.09. The molecule has 8 heteroatoms. The molecule has 0 fully saturated rings. The van der Waals surface area contributed by atoms with Crippen molar-refractivity contribution in [1.29, 1.82) is 0 Å². The van der Waals surface area contributed by atoms with Crippen LogP contribution in [0.1, 0.15) is 50.8 Å². The lowest BCUT2D eigenvalue weighted by Gasteiger charge is -2.24. The number of non-ortho nitro benzene ring substituents is 1. The normalized spacial score (nSPS) is 11.3. The van der Waals surface area contributed by atoms with Crippen LogP contribution in [0.3, 0.4) is 0 Å². The van der Waals surface area contributed by atoms with E-state index < -0.39 is 10.7 Å². The summed E-state index contributed by atoms with van der Waals surface area (Å²) in [6, 6.07) is 21.5. The molecule has 0 atom stereocenters. The van der Waals surface area contributed by atoms with Crippen molar-refractivity contribution in [2.75, 3.05) is 6.54 Å². The SMILES string of the molecule is CCCCN(Cc1cc([N+](=O)[O-])ccc1F)Cc1c(-c2ccc(Cl)cc2)nc(-c2ccccc2)n1CCCC. The van der Waals surface area contributed by atoms with Crippen LogP contribution in [0.25, 0.3) is 22.6 Å². The third kappa shape index (κ3) is 7.11. The van der Waals surface area contributed by atoms with E-state index in [0.717, 1.165) is 67.1 Å². The van der Waals surface area contributed by atoms with Gasteiger partial charge in [-0.05, 0) is 37.6 Å². The molecular formula is C31H34ClFN4O2. The van der Waals surface area contributed by atoms with Crippen molar-refractivity contribution >= 4 is 17.3 Å². The summed E-state index contributed by atoms with van der Waals surface area (Å²) >= 11 is 6.20. The van der Waals surface area contributed by atoms with E-state index in [0.29, 0.717) is 17.1 Å². The van der Waals surface area contributed by atoms with Crippen molar-refractivity contribution in [2.24, 2.45) is 0 Å². The van der Waals surface area contributed by atoms with Crippen molar-refractivity contribution < 1.29 is 9.31 Å². The number of halogens is 2. The van der Waals surface area contributed by atoms with Crippen LogP contribution in [0.4, 0.5) is 10.1 Å². The van der Waals surface area contributed by atoms with Gasteiger partial charge in [0, 0.05) is 53.5 Å². The molecule has 1 aromatic heterocycles. The Morgan fingerprint density at radius 1 is 0.949 bits per heavy atom. The quantitative estimate of drug-likeness (QED) is 0.124. The second-order valence-electron chi connectivity index (χ2n) is 9.71. The molecule has 0 saturated heterocycles. The van der Waals surface area contributed by atoms with Gasteiger partial charge in [-0.25, -0.2) is 9.37 Å². The van der Waals surface area contributed by atoms with E-state index in [2.05, 4.69) is 35.4 Å². The Kier molecular flexibility index (Phi) is 9.85. The lowest BCUT2D eigenvalue weighted by atomic mass is 10.1. The molecule has 0 spiro atoms. The third-order valence-corrected chi connectivity index (χ3v) is 7.04. The van der Waals surface area contributed by atoms with Crippen LogP contribution in [-0.2, 0) is 19.6 Å². The van der Waals surface area contributed by atoms with Gasteiger partial charge in [0.2, 0.25) is 0 Å². The number of imidazole rings is 1. The largest absolute Gasteiger partial charge is 0.326 e. The summed E-state index contributed by atoms with van der Waals surface area (Å²) in [7, 11) is 0. The van der Waals surface area contributed by atoms with E-state index in [9.17, 15) is 14.5 Å². The fourth-order valence-corrected chi connectivity index (χ4v) is 4.82. The van der Waals surface area contributed by atoms with Gasteiger partial charge in [0.25, 0.3) is 5.69 Å². The summed E-state index contributed by atoms with van der Waals surface area (Å²) < 4.78 is 17.1. The minimum atomic E-state index is -0.482. The van der Waals surface area contributed by atoms with Gasteiger partial charge in [-0.2, -0.15) is 0 Å². The predicted molar refractivity (Wildman–Crippen MR) is 155 cm³/mol. The zero-order valence-corrected chi connectivity index (χ0v) is 23.2. The third-order valence-electron chi connectivity index (χ3n) is 6.79. The Morgan fingerprint density at radius 3 is 2.33 bits per heavy atom. The Hall–Kier alpha value is -3.55. The van der Waals surface area contributed by atoms with Crippen LogP contribution in [0.2, 0.25) is 5.02 Å². The highest BCUT2D eigenvalue weighted by Crippen LogP contribution is 2.32. The molecule has 0 N–H and O–H groups in total. The smallest absolute Gasteiger partial charge is 0.269 e. The van der Waals surface area contributed by atoms with Crippen molar-refractivity contribution in [3.63, 3.8) is 0 Å². The van der Waals surface area contributed by atoms with Crippen LogP contribution in [0.5, 0.6) is 0 Å². The molecule has 0 aliphatic heterocycles. The molecule has 6 nitrogen and oxygen atoms in total. The van der Waals surface area contributed by atoms with E-state index >= 15 is 0 Å². The molecule has 0 aliphatic carbocycles. The zero-order valence-electron chi connectivity index (χ0n) is 22.4. The molecular weight excluding hydrogens is 515 g/mol. The number of nitro groups is 1. The highest BCUT2D eigenvalue weighted by molar-refractivity contribution is 6.30. The first-order valence-electron chi connectivity index (χ1n) is 13.5. The summed E-state index contributed by atoms with van der Waals surface area (Å²) in [6.45, 7) is 6.57. The molecule has 4 aromatic rings. The monoisotopic (exact) mass is 548 g/mol. The van der Waals surface area contributed by atoms with E-state index in [1.807, 2.05) is 42.5 Å². The highest BCUT2D eigenvalue weighted by Gasteiger charge is 2.23. The number of nitro benzene ring substituents is 1. The Balaban J connectivity index is 1.82. The molecule has 0 unspecified atom stereocenters. The van der Waals surface area contributed by atoms with E-state index in [4.69, 9.17) is 16.6 Å². The Bertz CT molecular complexity index is 1390. The Morgan fingerprint density at radius 2 is 1.67 bits per heavy atom. The van der Waals surface area contributed by atoms with Crippen LogP contribution in [0, 0.1) is 15.9 Å². The average Bonchev–Trinajstić information content (AvgIpc) is 3.30. The number of rotatable bonds is 13. The summed E-state index contributed by atoms with van der Waals surface area (Å²) in [4.78, 5) is 18.2. The van der Waals surface area contributed by atoms with Gasteiger partial charge in [-0.15, -0.1) is 0 Å². The standard InChI is InChI=1S/C31H34ClFN4O2/c1-3-5-18-35(21-25-20-27(37(38)39)16-17-28(25)33)22-29-30(23-12-14-26(32)15-13-23)34-31(36(29)19-6-4-2)24-10-8-7-9-11-24/h7-17,20H,3-6,18-19,21-22H2,1-2H3. The minimum absolute atomic E-state index is 0.108. The summed E-state index contributed by atoms with van der Waals surface area (Å²) in [5, 5.41) is 12.0. The second-order valence-corrected chi connectivity index (χ2v) is 10.1. The van der Waals surface area contributed by atoms with Gasteiger partial charge in [0.15, 0.2) is 0 Å². The van der Waals surface area contributed by atoms with Crippen molar-refractivity contribution in [3.05, 3.63) is 105 Å². The van der Waals surface area contributed by atoms with Crippen LogP contribution in [0.15, 0.2) is 72.8 Å². The Labute approximate surface area is 234 Å². The van der Waals surface area contributed by atoms with Gasteiger partial charge < -0.3 is 4.57 Å². The van der Waals surface area contributed by atoms with Gasteiger partial charge >= 0.3 is 0 Å². The van der Waals surface area contributed by atoms with Crippen LogP contribution >= 0.6 is 11.6 Å². The maximum absolute atomic E-state index is 14.8. The number of hydrogen-bond donors (Lipinski definition) is 0. The summed E-state index contributed by atoms with van der Waals surface area (Å²) in [6.07, 6.45) is 3.90. The number of benzene rings is 3. The van der Waals surface area contributed by atoms with Crippen LogP contribution < -0.4 is 0 Å². The average molecular weight is 549 g/mol. The maximum atomic E-state index is 14.8. The van der Waals surface area contributed by atoms with Gasteiger partial charge in [0.1, 0.15) is 11.6 Å². The first-order chi connectivity index (χ1) is 18.9. The topological polar surface area (TPSA) is 64.2 Å². The van der Waals surface area contributed by atoms with E-state index in [1.54, 1.807) is 0 Å². The zero-order chi connectivity index (χ0) is 27.8. The fraction of sp³-hybridized carbons (Fsp3) is 0.323. The van der Waals surface area contributed by atoms with E-state index in [-0.39, 0.29) is 12.2 Å². The number of nitrogens with zero attached hydrogens (tertiary/aromatic N) is 4. The first-order valence-corrected chi connectivity index (χ1v) is 13.8. The second kappa shape index (κ2) is 13.5. The minimum Gasteiger partial charge on any atom is -0.326 e. The lowest BCUT2D eigenvalue weighted by molar-refractivity contribution is -0.385. The van der Waals surface area contributed by atoms with Gasteiger partial charge in [-0.1, -0.05) is 80.8 Å². The number of aromatic nitrogens is 2. The molecule has 1 heterocycles. The molecule has 0 saturated carbocycles. The van der Waals surface area contributed by atoms with Crippen molar-refractivity contribution in [1.82, 2.24) is 14.5 Å². The molecule has 0 bridgehead atoms. The first kappa shape index (κ1) is 28.5. The maximum Gasteiger partial charge on any atom is 0.269 e. The summed E-state index contributed by atoms with van der Waals surface area (Å²) in [5.74, 6) is 0.449. The molecule has 0 radical (unpaired) electrons. The van der Waals surface area contributed by atoms with Gasteiger partial charge in [-0.3, -0.25) is 15.0 Å². The molecule has 3 aromatic carbocycles. The van der Waals surface area contributed by atoms with Crippen molar-refractivity contribution in [2.45, 2.75) is 59.2 Å². The molecule has 0 aliphatic rings. The number of hydrogen-bond acceptors (Lipinski definition) is 4.